The van der Waals surface area contributed by atoms with Crippen molar-refractivity contribution in [3.8, 4) is 16.9 Å². The van der Waals surface area contributed by atoms with Crippen molar-refractivity contribution < 1.29 is 21.6 Å². The minimum Gasteiger partial charge on any atom is -0.368 e. The molecule has 1 fully saturated rings. The Kier molecular flexibility index (Phi) is 6.50. The normalized spacial score (nSPS) is 14.6. The number of halogens is 3. The van der Waals surface area contributed by atoms with Crippen molar-refractivity contribution in [1.82, 2.24) is 24.8 Å². The van der Waals surface area contributed by atoms with E-state index in [0.717, 1.165) is 12.3 Å². The molecule has 0 aliphatic carbocycles. The van der Waals surface area contributed by atoms with Gasteiger partial charge in [-0.15, -0.1) is 0 Å². The highest BCUT2D eigenvalue weighted by Crippen LogP contribution is 2.38. The molecule has 9 nitrogen and oxygen atoms in total. The van der Waals surface area contributed by atoms with Gasteiger partial charge >= 0.3 is 6.18 Å². The maximum atomic E-state index is 14.3. The number of piperazine rings is 1. The number of aromatic nitrogens is 4. The minimum atomic E-state index is -4.65. The first-order valence-corrected chi connectivity index (χ1v) is 14.6. The molecule has 0 bridgehead atoms. The summed E-state index contributed by atoms with van der Waals surface area (Å²) in [5.74, 6) is 0. The van der Waals surface area contributed by atoms with Gasteiger partial charge in [0.05, 0.1) is 28.0 Å². The van der Waals surface area contributed by atoms with Crippen LogP contribution >= 0.6 is 0 Å². The number of hydrogen-bond acceptors (Lipinski definition) is 8. The van der Waals surface area contributed by atoms with Gasteiger partial charge < -0.3 is 10.2 Å². The van der Waals surface area contributed by atoms with Gasteiger partial charge in [-0.3, -0.25) is 14.3 Å². The second-order valence-corrected chi connectivity index (χ2v) is 11.7. The number of sulfone groups is 1. The topological polar surface area (TPSA) is 110 Å². The fourth-order valence-corrected chi connectivity index (χ4v) is 5.57. The number of alkyl halides is 3. The third-order valence-corrected chi connectivity index (χ3v) is 7.98. The van der Waals surface area contributed by atoms with Crippen LogP contribution in [0.2, 0.25) is 0 Å². The van der Waals surface area contributed by atoms with Gasteiger partial charge in [-0.1, -0.05) is 0 Å². The first kappa shape index (κ1) is 26.8. The molecule has 1 N–H and O–H groups in total. The summed E-state index contributed by atoms with van der Waals surface area (Å²) in [4.78, 5) is 28.1. The lowest BCUT2D eigenvalue weighted by Crippen LogP contribution is -2.44. The summed E-state index contributed by atoms with van der Waals surface area (Å²) in [6.07, 6.45) is -0.677. The molecule has 13 heteroatoms. The Morgan fingerprint density at radius 2 is 1.71 bits per heavy atom. The van der Waals surface area contributed by atoms with Gasteiger partial charge in [0.15, 0.2) is 14.9 Å². The molecule has 0 radical (unpaired) electrons. The van der Waals surface area contributed by atoms with E-state index in [-0.39, 0.29) is 16.4 Å². The van der Waals surface area contributed by atoms with Crippen molar-refractivity contribution >= 4 is 37.5 Å². The largest absolute Gasteiger partial charge is 0.418 e. The maximum absolute atomic E-state index is 14.3. The summed E-state index contributed by atoms with van der Waals surface area (Å²) < 4.78 is 67.8. The Balaban J connectivity index is 1.56. The van der Waals surface area contributed by atoms with E-state index in [2.05, 4.69) is 15.3 Å². The van der Waals surface area contributed by atoms with Crippen LogP contribution in [-0.4, -0.2) is 60.4 Å². The molecule has 1 aliphatic rings. The molecule has 0 spiro atoms. The summed E-state index contributed by atoms with van der Waals surface area (Å²) in [5.41, 5.74) is 0.712. The van der Waals surface area contributed by atoms with Crippen LogP contribution < -0.4 is 15.8 Å². The van der Waals surface area contributed by atoms with Gasteiger partial charge in [0.2, 0.25) is 0 Å². The van der Waals surface area contributed by atoms with Gasteiger partial charge in [-0.05, 0) is 48.5 Å². The molecule has 4 aromatic heterocycles. The summed E-state index contributed by atoms with van der Waals surface area (Å²) in [5, 5.41) is 3.55. The number of fused-ring (bicyclic) bond motifs is 3. The summed E-state index contributed by atoms with van der Waals surface area (Å²) in [6.45, 7) is 2.00. The lowest BCUT2D eigenvalue weighted by molar-refractivity contribution is -0.137. The molecule has 5 heterocycles. The summed E-state index contributed by atoms with van der Waals surface area (Å²) in [7, 11) is -3.50. The van der Waals surface area contributed by atoms with Crippen molar-refractivity contribution in [2.45, 2.75) is 11.2 Å². The Morgan fingerprint density at radius 1 is 0.927 bits per heavy atom. The van der Waals surface area contributed by atoms with Crippen LogP contribution in [0.1, 0.15) is 5.56 Å². The van der Waals surface area contributed by atoms with Crippen LogP contribution in [0, 0.1) is 0 Å². The van der Waals surface area contributed by atoms with Gasteiger partial charge in [-0.2, -0.15) is 13.2 Å². The summed E-state index contributed by atoms with van der Waals surface area (Å²) >= 11 is 0. The molecular formula is C28H23F3N6O3S. The molecule has 5 aromatic rings. The zero-order chi connectivity index (χ0) is 28.9. The van der Waals surface area contributed by atoms with Crippen LogP contribution in [0.25, 0.3) is 38.9 Å². The highest BCUT2D eigenvalue weighted by Gasteiger charge is 2.36. The molecule has 0 saturated carbocycles. The Bertz CT molecular complexity index is 1970. The molecule has 0 unspecified atom stereocenters. The van der Waals surface area contributed by atoms with E-state index in [4.69, 9.17) is 4.98 Å². The quantitative estimate of drug-likeness (QED) is 0.320. The van der Waals surface area contributed by atoms with Crippen molar-refractivity contribution in [3.05, 3.63) is 82.9 Å². The van der Waals surface area contributed by atoms with Gasteiger partial charge in [-0.25, -0.2) is 18.4 Å². The number of nitrogens with one attached hydrogen (secondary N) is 1. The van der Waals surface area contributed by atoms with E-state index in [1.54, 1.807) is 29.2 Å². The molecule has 1 aliphatic heterocycles. The fraction of sp³-hybridized carbons (Fsp3) is 0.214. The molecule has 41 heavy (non-hydrogen) atoms. The average molecular weight is 581 g/mol. The predicted octanol–water partition coefficient (Wildman–Crippen LogP) is 3.83. The standard InChI is InChI=1S/C28H23F3N6O3S/c1-41(39,40)24-8-2-17(15-34-24)21-5-6-22-26(35-21)27-18(16-33-22)3-9-25(38)37(27)19-4-7-23(20(14-19)28(29,30)31)36-12-10-32-11-13-36/h2-9,14-16,32H,10-13H2,1H3. The number of hydrogen-bond donors (Lipinski definition) is 1. The average Bonchev–Trinajstić information content (AvgIpc) is 2.96. The molecule has 0 amide bonds. The molecule has 0 atom stereocenters. The number of nitrogens with zero attached hydrogens (tertiary/aromatic N) is 5. The van der Waals surface area contributed by atoms with E-state index in [0.29, 0.717) is 59.4 Å². The Labute approximate surface area is 232 Å². The van der Waals surface area contributed by atoms with Crippen LogP contribution in [0.4, 0.5) is 18.9 Å². The van der Waals surface area contributed by atoms with Crippen LogP contribution in [0.3, 0.4) is 0 Å². The maximum Gasteiger partial charge on any atom is 0.418 e. The number of rotatable bonds is 4. The van der Waals surface area contributed by atoms with Crippen molar-refractivity contribution in [3.63, 3.8) is 0 Å². The lowest BCUT2D eigenvalue weighted by Gasteiger charge is -2.31. The highest BCUT2D eigenvalue weighted by atomic mass is 32.2. The third-order valence-electron chi connectivity index (χ3n) is 6.98. The second kappa shape index (κ2) is 9.93. The first-order valence-electron chi connectivity index (χ1n) is 12.7. The lowest BCUT2D eigenvalue weighted by atomic mass is 10.1. The van der Waals surface area contributed by atoms with Crippen LogP contribution in [0.15, 0.2) is 76.8 Å². The Morgan fingerprint density at radius 3 is 2.39 bits per heavy atom. The molecule has 1 saturated heterocycles. The highest BCUT2D eigenvalue weighted by molar-refractivity contribution is 7.90. The minimum absolute atomic E-state index is 0.0469. The van der Waals surface area contributed by atoms with E-state index in [1.807, 2.05) is 0 Å². The van der Waals surface area contributed by atoms with E-state index in [9.17, 15) is 26.4 Å². The third kappa shape index (κ3) is 5.02. The van der Waals surface area contributed by atoms with Gasteiger partial charge in [0.1, 0.15) is 5.52 Å². The van der Waals surface area contributed by atoms with Crippen LogP contribution in [0.5, 0.6) is 0 Å². The van der Waals surface area contributed by atoms with Crippen molar-refractivity contribution in [2.24, 2.45) is 0 Å². The molecular weight excluding hydrogens is 557 g/mol. The van der Waals surface area contributed by atoms with Crippen LogP contribution in [-0.2, 0) is 16.0 Å². The monoisotopic (exact) mass is 580 g/mol. The zero-order valence-corrected chi connectivity index (χ0v) is 22.5. The summed E-state index contributed by atoms with van der Waals surface area (Å²) in [6, 6.07) is 13.0. The van der Waals surface area contributed by atoms with Crippen molar-refractivity contribution in [1.29, 1.82) is 0 Å². The SMILES string of the molecule is CS(=O)(=O)c1ccc(-c2ccc3ncc4ccc(=O)n(-c5ccc(N6CCNCC6)c(C(F)(F)F)c5)c4c3n2)cn1. The number of pyridine rings is 4. The number of benzene rings is 1. The zero-order valence-electron chi connectivity index (χ0n) is 21.7. The van der Waals surface area contributed by atoms with Crippen molar-refractivity contribution in [2.75, 3.05) is 37.3 Å². The van der Waals surface area contributed by atoms with Gasteiger partial charge in [0, 0.05) is 67.5 Å². The second-order valence-electron chi connectivity index (χ2n) is 9.73. The Hall–Kier alpha value is -4.36. The molecule has 6 rings (SSSR count). The fourth-order valence-electron chi connectivity index (χ4n) is 5.01. The predicted molar refractivity (Wildman–Crippen MR) is 149 cm³/mol. The number of anilines is 1. The molecule has 1 aromatic carbocycles. The first-order chi connectivity index (χ1) is 19.5. The van der Waals surface area contributed by atoms with E-state index >= 15 is 0 Å². The van der Waals surface area contributed by atoms with E-state index in [1.165, 1.54) is 41.2 Å². The smallest absolute Gasteiger partial charge is 0.368 e. The van der Waals surface area contributed by atoms with Gasteiger partial charge in [0.25, 0.3) is 5.56 Å². The molecule has 210 valence electrons. The van der Waals surface area contributed by atoms with E-state index < -0.39 is 27.1 Å².